The van der Waals surface area contributed by atoms with Gasteiger partial charge in [-0.05, 0) is 37.1 Å². The number of benzene rings is 2. The summed E-state index contributed by atoms with van der Waals surface area (Å²) in [7, 11) is 0. The van der Waals surface area contributed by atoms with Crippen LogP contribution >= 0.6 is 11.6 Å². The number of aryl methyl sites for hydroxylation is 1. The van der Waals surface area contributed by atoms with Gasteiger partial charge in [0.25, 0.3) is 0 Å². The van der Waals surface area contributed by atoms with Gasteiger partial charge in [-0.1, -0.05) is 41.9 Å². The lowest BCUT2D eigenvalue weighted by atomic mass is 10.1. The molecule has 2 aromatic rings. The van der Waals surface area contributed by atoms with E-state index in [0.29, 0.717) is 22.9 Å². The molecule has 0 aliphatic carbocycles. The van der Waals surface area contributed by atoms with Crippen molar-refractivity contribution in [3.8, 4) is 5.75 Å². The van der Waals surface area contributed by atoms with Crippen LogP contribution < -0.4 is 4.74 Å². The van der Waals surface area contributed by atoms with Crippen molar-refractivity contribution in [3.63, 3.8) is 0 Å². The van der Waals surface area contributed by atoms with E-state index in [2.05, 4.69) is 0 Å². The van der Waals surface area contributed by atoms with Crippen molar-refractivity contribution in [1.29, 1.82) is 0 Å². The molecule has 0 radical (unpaired) electrons. The Kier molecular flexibility index (Phi) is 5.23. The van der Waals surface area contributed by atoms with Crippen molar-refractivity contribution in [2.45, 2.75) is 20.5 Å². The van der Waals surface area contributed by atoms with Crippen molar-refractivity contribution < 1.29 is 14.6 Å². The quantitative estimate of drug-likeness (QED) is 0.641. The summed E-state index contributed by atoms with van der Waals surface area (Å²) in [6.07, 6.45) is 1.15. The number of hydrogen-bond donors (Lipinski definition) is 1. The smallest absolute Gasteiger partial charge is 0.156 e. The minimum absolute atomic E-state index is 0.155. The van der Waals surface area contributed by atoms with Gasteiger partial charge >= 0.3 is 0 Å². The van der Waals surface area contributed by atoms with Crippen LogP contribution in [0.1, 0.15) is 23.6 Å². The zero-order chi connectivity index (χ0) is 16.1. The Hall–Kier alpha value is -2.26. The molecule has 3 nitrogen and oxygen atoms in total. The number of aliphatic hydroxyl groups is 1. The zero-order valence-electron chi connectivity index (χ0n) is 12.5. The first kappa shape index (κ1) is 16.1. The zero-order valence-corrected chi connectivity index (χ0v) is 13.2. The second-order valence-electron chi connectivity index (χ2n) is 5.01. The minimum Gasteiger partial charge on any atom is -0.507 e. The van der Waals surface area contributed by atoms with Gasteiger partial charge in [0.2, 0.25) is 0 Å². The van der Waals surface area contributed by atoms with Gasteiger partial charge in [-0.25, -0.2) is 0 Å². The predicted octanol–water partition coefficient (Wildman–Crippen LogP) is 4.72. The molecule has 0 atom stereocenters. The van der Waals surface area contributed by atoms with Crippen molar-refractivity contribution >= 4 is 23.1 Å². The second kappa shape index (κ2) is 7.14. The van der Waals surface area contributed by atoms with Crippen molar-refractivity contribution in [2.75, 3.05) is 0 Å². The van der Waals surface area contributed by atoms with Gasteiger partial charge in [-0.3, -0.25) is 4.79 Å². The molecule has 0 aromatic heterocycles. The SMILES string of the molecule is CC(=O)C=C(O)c1cc(Cl)c(C)cc1OCc1ccccc1. The van der Waals surface area contributed by atoms with Crippen LogP contribution in [0.4, 0.5) is 0 Å². The van der Waals surface area contributed by atoms with Crippen LogP contribution in [0.3, 0.4) is 0 Å². The maximum Gasteiger partial charge on any atom is 0.156 e. The minimum atomic E-state index is -0.247. The average molecular weight is 317 g/mol. The van der Waals surface area contributed by atoms with Gasteiger partial charge in [0.15, 0.2) is 5.78 Å². The van der Waals surface area contributed by atoms with Crippen LogP contribution in [0, 0.1) is 6.92 Å². The summed E-state index contributed by atoms with van der Waals surface area (Å²) < 4.78 is 5.79. The lowest BCUT2D eigenvalue weighted by Gasteiger charge is -2.13. The molecule has 0 spiro atoms. The maximum absolute atomic E-state index is 11.2. The van der Waals surface area contributed by atoms with Crippen LogP contribution in [0.5, 0.6) is 5.75 Å². The fourth-order valence-corrected chi connectivity index (χ4v) is 2.14. The first-order valence-corrected chi connectivity index (χ1v) is 7.23. The Labute approximate surface area is 134 Å². The molecule has 0 aliphatic heterocycles. The highest BCUT2D eigenvalue weighted by atomic mass is 35.5. The summed E-state index contributed by atoms with van der Waals surface area (Å²) in [6, 6.07) is 13.1. The topological polar surface area (TPSA) is 46.5 Å². The molecular weight excluding hydrogens is 300 g/mol. The van der Waals surface area contributed by atoms with Gasteiger partial charge in [-0.15, -0.1) is 0 Å². The molecule has 0 fully saturated rings. The molecule has 0 aliphatic rings. The Bertz CT molecular complexity index is 706. The largest absolute Gasteiger partial charge is 0.507 e. The maximum atomic E-state index is 11.2. The predicted molar refractivity (Wildman–Crippen MR) is 88.2 cm³/mol. The van der Waals surface area contributed by atoms with Crippen LogP contribution in [-0.4, -0.2) is 10.9 Å². The molecule has 0 saturated carbocycles. The van der Waals surface area contributed by atoms with Crippen LogP contribution in [0.25, 0.3) is 5.76 Å². The third kappa shape index (κ3) is 4.12. The number of halogens is 1. The van der Waals surface area contributed by atoms with E-state index in [4.69, 9.17) is 16.3 Å². The third-order valence-electron chi connectivity index (χ3n) is 3.11. The summed E-state index contributed by atoms with van der Waals surface area (Å²) in [6.45, 7) is 3.59. The molecule has 1 N–H and O–H groups in total. The van der Waals surface area contributed by atoms with Crippen molar-refractivity contribution in [3.05, 3.63) is 70.3 Å². The molecule has 114 valence electrons. The van der Waals surface area contributed by atoms with E-state index in [9.17, 15) is 9.90 Å². The Morgan fingerprint density at radius 2 is 1.95 bits per heavy atom. The molecular formula is C18H17ClO3. The van der Waals surface area contributed by atoms with Gasteiger partial charge in [0.1, 0.15) is 18.1 Å². The molecule has 0 saturated heterocycles. The molecule has 2 rings (SSSR count). The molecule has 0 amide bonds. The summed E-state index contributed by atoms with van der Waals surface area (Å²) in [4.78, 5) is 11.2. The number of aliphatic hydroxyl groups excluding tert-OH is 1. The van der Waals surface area contributed by atoms with E-state index >= 15 is 0 Å². The van der Waals surface area contributed by atoms with Crippen LogP contribution in [-0.2, 0) is 11.4 Å². The third-order valence-corrected chi connectivity index (χ3v) is 3.52. The highest BCUT2D eigenvalue weighted by Gasteiger charge is 2.12. The molecule has 0 heterocycles. The fraction of sp³-hybridized carbons (Fsp3) is 0.167. The van der Waals surface area contributed by atoms with E-state index in [1.807, 2.05) is 37.3 Å². The Balaban J connectivity index is 2.33. The summed E-state index contributed by atoms with van der Waals surface area (Å²) in [5.41, 5.74) is 2.25. The van der Waals surface area contributed by atoms with E-state index in [1.54, 1.807) is 12.1 Å². The van der Waals surface area contributed by atoms with E-state index in [1.165, 1.54) is 6.92 Å². The Morgan fingerprint density at radius 1 is 1.27 bits per heavy atom. The van der Waals surface area contributed by atoms with E-state index < -0.39 is 0 Å². The molecule has 2 aromatic carbocycles. The number of hydrogen-bond acceptors (Lipinski definition) is 3. The summed E-state index contributed by atoms with van der Waals surface area (Å²) in [5, 5.41) is 10.6. The van der Waals surface area contributed by atoms with Crippen molar-refractivity contribution in [1.82, 2.24) is 0 Å². The molecule has 4 heteroatoms. The van der Waals surface area contributed by atoms with Crippen LogP contribution in [0.15, 0.2) is 48.5 Å². The van der Waals surface area contributed by atoms with Crippen molar-refractivity contribution in [2.24, 2.45) is 0 Å². The van der Waals surface area contributed by atoms with Gasteiger partial charge in [0.05, 0.1) is 5.56 Å². The summed E-state index contributed by atoms with van der Waals surface area (Å²) >= 11 is 6.10. The monoisotopic (exact) mass is 316 g/mol. The molecule has 0 bridgehead atoms. The number of carbonyl (C=O) groups is 1. The highest BCUT2D eigenvalue weighted by Crippen LogP contribution is 2.31. The molecule has 0 unspecified atom stereocenters. The number of carbonyl (C=O) groups excluding carboxylic acids is 1. The van der Waals surface area contributed by atoms with Crippen LogP contribution in [0.2, 0.25) is 5.02 Å². The fourth-order valence-electron chi connectivity index (χ4n) is 1.98. The van der Waals surface area contributed by atoms with Gasteiger partial charge in [0, 0.05) is 11.1 Å². The average Bonchev–Trinajstić information content (AvgIpc) is 2.48. The molecule has 22 heavy (non-hydrogen) atoms. The lowest BCUT2D eigenvalue weighted by Crippen LogP contribution is -2.00. The number of ketones is 1. The lowest BCUT2D eigenvalue weighted by molar-refractivity contribution is -0.112. The standard InChI is InChI=1S/C18H17ClO3/c1-12-8-18(22-11-14-6-4-3-5-7-14)15(10-16(12)19)17(21)9-13(2)20/h3-10,21H,11H2,1-2H3. The van der Waals surface area contributed by atoms with E-state index in [0.717, 1.165) is 17.2 Å². The van der Waals surface area contributed by atoms with Gasteiger partial charge in [-0.2, -0.15) is 0 Å². The van der Waals surface area contributed by atoms with Gasteiger partial charge < -0.3 is 9.84 Å². The second-order valence-corrected chi connectivity index (χ2v) is 5.42. The summed E-state index contributed by atoms with van der Waals surface area (Å²) in [5.74, 6) is 0.0846. The normalized spacial score (nSPS) is 11.3. The first-order valence-electron chi connectivity index (χ1n) is 6.86. The number of allylic oxidation sites excluding steroid dienone is 1. The Morgan fingerprint density at radius 3 is 2.59 bits per heavy atom. The first-order chi connectivity index (χ1) is 10.5. The highest BCUT2D eigenvalue weighted by molar-refractivity contribution is 6.31. The number of rotatable bonds is 5. The number of ether oxygens (including phenoxy) is 1. The van der Waals surface area contributed by atoms with E-state index in [-0.39, 0.29) is 11.5 Å².